The molecule has 26 heavy (non-hydrogen) atoms. The van der Waals surface area contributed by atoms with Gasteiger partial charge in [0.25, 0.3) is 0 Å². The molecule has 0 aliphatic rings. The maximum atomic E-state index is 13.1. The van der Waals surface area contributed by atoms with Gasteiger partial charge in [0.15, 0.2) is 0 Å². The van der Waals surface area contributed by atoms with Crippen LogP contribution in [0.2, 0.25) is 0 Å². The van der Waals surface area contributed by atoms with Gasteiger partial charge in [0, 0.05) is 12.0 Å². The fourth-order valence-electron chi connectivity index (χ4n) is 2.95. The normalized spacial score (nSPS) is 11.3. The summed E-state index contributed by atoms with van der Waals surface area (Å²) in [6, 6.07) is 1.75. The Balaban J connectivity index is 2.22. The van der Waals surface area contributed by atoms with Crippen LogP contribution in [-0.2, 0) is 17.8 Å². The average molecular weight is 373 g/mol. The van der Waals surface area contributed by atoms with Crippen molar-refractivity contribution in [3.05, 3.63) is 44.1 Å². The Morgan fingerprint density at radius 2 is 2.15 bits per heavy atom. The molecule has 0 aliphatic heterocycles. The number of nitrogens with zero attached hydrogens (tertiary/aromatic N) is 1. The fourth-order valence-corrected chi connectivity index (χ4v) is 3.56. The highest BCUT2D eigenvalue weighted by Gasteiger charge is 2.19. The molecule has 0 saturated carbocycles. The first-order valence-corrected chi connectivity index (χ1v) is 9.74. The minimum atomic E-state index is -0.132. The summed E-state index contributed by atoms with van der Waals surface area (Å²) < 4.78 is 11.3. The summed E-state index contributed by atoms with van der Waals surface area (Å²) in [5.74, 6) is 0.166. The van der Waals surface area contributed by atoms with Crippen molar-refractivity contribution in [2.24, 2.45) is 0 Å². The minimum absolute atomic E-state index is 0.132. The predicted molar refractivity (Wildman–Crippen MR) is 104 cm³/mol. The van der Waals surface area contributed by atoms with Gasteiger partial charge in [-0.25, -0.2) is 4.98 Å². The standard InChI is InChI=1S/C20H23NO4S/c1-4-6-7-13-8-14-19(23)15(17-11-26-12(3)21-17)10-25-20(14)16(18(13)22)9-24-5-2/h8,10-11,22H,4-7,9H2,1-3H3. The van der Waals surface area contributed by atoms with E-state index in [1.54, 1.807) is 6.07 Å². The van der Waals surface area contributed by atoms with E-state index in [9.17, 15) is 9.90 Å². The van der Waals surface area contributed by atoms with Crippen molar-refractivity contribution < 1.29 is 14.3 Å². The molecule has 0 atom stereocenters. The number of phenolic OH excluding ortho intramolecular Hbond substituents is 1. The zero-order valence-electron chi connectivity index (χ0n) is 15.3. The molecule has 6 heteroatoms. The number of phenols is 1. The summed E-state index contributed by atoms with van der Waals surface area (Å²) in [5, 5.41) is 13.9. The van der Waals surface area contributed by atoms with Crippen LogP contribution < -0.4 is 5.43 Å². The van der Waals surface area contributed by atoms with Crippen LogP contribution in [0.25, 0.3) is 22.2 Å². The van der Waals surface area contributed by atoms with Crippen LogP contribution in [0.1, 0.15) is 42.8 Å². The molecule has 3 rings (SSSR count). The molecule has 138 valence electrons. The molecule has 5 nitrogen and oxygen atoms in total. The SMILES string of the molecule is CCCCc1cc2c(=O)c(-c3csc(C)n3)coc2c(COCC)c1O. The first kappa shape index (κ1) is 18.6. The molecule has 3 aromatic rings. The van der Waals surface area contributed by atoms with Crippen LogP contribution in [0.4, 0.5) is 0 Å². The zero-order chi connectivity index (χ0) is 18.7. The lowest BCUT2D eigenvalue weighted by atomic mass is 9.99. The van der Waals surface area contributed by atoms with E-state index in [1.807, 2.05) is 19.2 Å². The van der Waals surface area contributed by atoms with E-state index in [0.717, 1.165) is 23.4 Å². The summed E-state index contributed by atoms with van der Waals surface area (Å²) in [4.78, 5) is 17.5. The second-order valence-corrected chi connectivity index (χ2v) is 7.27. The largest absolute Gasteiger partial charge is 0.507 e. The van der Waals surface area contributed by atoms with E-state index >= 15 is 0 Å². The molecular weight excluding hydrogens is 350 g/mol. The number of hydrogen-bond acceptors (Lipinski definition) is 6. The monoisotopic (exact) mass is 373 g/mol. The Bertz CT molecular complexity index is 974. The molecule has 0 bridgehead atoms. The molecule has 2 aromatic heterocycles. The first-order valence-electron chi connectivity index (χ1n) is 8.86. The van der Waals surface area contributed by atoms with Crippen molar-refractivity contribution in [2.45, 2.75) is 46.6 Å². The van der Waals surface area contributed by atoms with E-state index in [2.05, 4.69) is 11.9 Å². The fraction of sp³-hybridized carbons (Fsp3) is 0.400. The molecule has 0 spiro atoms. The van der Waals surface area contributed by atoms with Gasteiger partial charge >= 0.3 is 0 Å². The van der Waals surface area contributed by atoms with Crippen molar-refractivity contribution in [3.8, 4) is 17.0 Å². The highest BCUT2D eigenvalue weighted by Crippen LogP contribution is 2.33. The third-order valence-corrected chi connectivity index (χ3v) is 5.13. The summed E-state index contributed by atoms with van der Waals surface area (Å²) in [7, 11) is 0. The number of aromatic hydroxyl groups is 1. The Morgan fingerprint density at radius 3 is 2.81 bits per heavy atom. The van der Waals surface area contributed by atoms with Gasteiger partial charge in [-0.05, 0) is 38.3 Å². The topological polar surface area (TPSA) is 72.6 Å². The molecule has 1 aromatic carbocycles. The summed E-state index contributed by atoms with van der Waals surface area (Å²) in [6.07, 6.45) is 4.07. The van der Waals surface area contributed by atoms with Crippen molar-refractivity contribution in [3.63, 3.8) is 0 Å². The molecule has 0 unspecified atom stereocenters. The van der Waals surface area contributed by atoms with E-state index in [0.29, 0.717) is 40.8 Å². The number of aryl methyl sites for hydroxylation is 2. The Hall–Kier alpha value is -2.18. The quantitative estimate of drug-likeness (QED) is 0.643. The van der Waals surface area contributed by atoms with Crippen molar-refractivity contribution in [2.75, 3.05) is 6.61 Å². The van der Waals surface area contributed by atoms with Gasteiger partial charge in [-0.2, -0.15) is 0 Å². The van der Waals surface area contributed by atoms with Gasteiger partial charge in [-0.3, -0.25) is 4.79 Å². The number of benzene rings is 1. The van der Waals surface area contributed by atoms with Crippen LogP contribution in [0.3, 0.4) is 0 Å². The Labute approximate surface area is 156 Å². The number of fused-ring (bicyclic) bond motifs is 1. The van der Waals surface area contributed by atoms with Gasteiger partial charge in [0.2, 0.25) is 5.43 Å². The highest BCUT2D eigenvalue weighted by atomic mass is 32.1. The number of unbranched alkanes of at least 4 members (excludes halogenated alkanes) is 1. The number of rotatable bonds is 7. The molecule has 0 amide bonds. The summed E-state index contributed by atoms with van der Waals surface area (Å²) >= 11 is 1.49. The predicted octanol–water partition coefficient (Wildman–Crippen LogP) is 4.81. The van der Waals surface area contributed by atoms with Gasteiger partial charge in [-0.1, -0.05) is 13.3 Å². The van der Waals surface area contributed by atoms with Crippen molar-refractivity contribution in [1.29, 1.82) is 0 Å². The molecule has 2 heterocycles. The summed E-state index contributed by atoms with van der Waals surface area (Å²) in [6.45, 7) is 6.60. The van der Waals surface area contributed by atoms with Crippen LogP contribution in [0.5, 0.6) is 5.75 Å². The lowest BCUT2D eigenvalue weighted by Crippen LogP contribution is -2.08. The lowest BCUT2D eigenvalue weighted by molar-refractivity contribution is 0.132. The van der Waals surface area contributed by atoms with Gasteiger partial charge in [0.05, 0.1) is 33.8 Å². The van der Waals surface area contributed by atoms with Crippen LogP contribution >= 0.6 is 11.3 Å². The van der Waals surface area contributed by atoms with E-state index < -0.39 is 0 Å². The van der Waals surface area contributed by atoms with Crippen LogP contribution in [0, 0.1) is 6.92 Å². The highest BCUT2D eigenvalue weighted by molar-refractivity contribution is 7.09. The molecule has 0 radical (unpaired) electrons. The number of hydrogen-bond donors (Lipinski definition) is 1. The van der Waals surface area contributed by atoms with Crippen LogP contribution in [-0.4, -0.2) is 16.7 Å². The number of thiazole rings is 1. The van der Waals surface area contributed by atoms with Gasteiger partial charge in [-0.15, -0.1) is 11.3 Å². The number of aromatic nitrogens is 1. The second-order valence-electron chi connectivity index (χ2n) is 6.21. The third-order valence-electron chi connectivity index (χ3n) is 4.36. The van der Waals surface area contributed by atoms with Crippen molar-refractivity contribution in [1.82, 2.24) is 4.98 Å². The van der Waals surface area contributed by atoms with Gasteiger partial charge in [0.1, 0.15) is 17.6 Å². The Kier molecular flexibility index (Phi) is 5.74. The van der Waals surface area contributed by atoms with E-state index in [-0.39, 0.29) is 17.8 Å². The maximum Gasteiger partial charge on any atom is 0.202 e. The molecular formula is C20H23NO4S. The maximum absolute atomic E-state index is 13.1. The second kappa shape index (κ2) is 8.01. The Morgan fingerprint density at radius 1 is 1.35 bits per heavy atom. The van der Waals surface area contributed by atoms with E-state index in [1.165, 1.54) is 17.6 Å². The minimum Gasteiger partial charge on any atom is -0.507 e. The van der Waals surface area contributed by atoms with Gasteiger partial charge < -0.3 is 14.3 Å². The molecule has 0 fully saturated rings. The smallest absolute Gasteiger partial charge is 0.202 e. The molecule has 0 saturated heterocycles. The third kappa shape index (κ3) is 3.52. The molecule has 1 N–H and O–H groups in total. The molecule has 0 aliphatic carbocycles. The van der Waals surface area contributed by atoms with Crippen LogP contribution in [0.15, 0.2) is 26.9 Å². The lowest BCUT2D eigenvalue weighted by Gasteiger charge is -2.13. The number of ether oxygens (including phenoxy) is 1. The van der Waals surface area contributed by atoms with Crippen molar-refractivity contribution >= 4 is 22.3 Å². The zero-order valence-corrected chi connectivity index (χ0v) is 16.1. The average Bonchev–Trinajstić information content (AvgIpc) is 3.06. The van der Waals surface area contributed by atoms with E-state index in [4.69, 9.17) is 9.15 Å². The first-order chi connectivity index (χ1) is 12.6. The summed E-state index contributed by atoms with van der Waals surface area (Å²) in [5.41, 5.74) is 2.61.